The Labute approximate surface area is 123 Å². The summed E-state index contributed by atoms with van der Waals surface area (Å²) in [7, 11) is 0. The highest BCUT2D eigenvalue weighted by Crippen LogP contribution is 2.35. The lowest BCUT2D eigenvalue weighted by atomic mass is 10.00. The number of alkyl carbamates (subject to hydrolysis) is 1. The summed E-state index contributed by atoms with van der Waals surface area (Å²) in [6, 6.07) is -1.44. The van der Waals surface area contributed by atoms with Crippen molar-refractivity contribution < 1.29 is 24.2 Å². The standard InChI is InChI=1S/C14H22N2O5/c1-14(2,3)21-13(20)15-10(8-4-5-8)11(17)16-7-6-9(16)12(18)19/h8-10H,4-7H2,1-3H3,(H,15,20)(H,18,19). The van der Waals surface area contributed by atoms with Gasteiger partial charge in [0.15, 0.2) is 0 Å². The fourth-order valence-electron chi connectivity index (χ4n) is 2.33. The van der Waals surface area contributed by atoms with Crippen LogP contribution >= 0.6 is 0 Å². The Balaban J connectivity index is 1.98. The highest BCUT2D eigenvalue weighted by atomic mass is 16.6. The number of hydrogen-bond acceptors (Lipinski definition) is 4. The maximum Gasteiger partial charge on any atom is 0.408 e. The molecule has 1 aliphatic heterocycles. The molecule has 7 nitrogen and oxygen atoms in total. The van der Waals surface area contributed by atoms with E-state index in [1.54, 1.807) is 20.8 Å². The van der Waals surface area contributed by atoms with Crippen LogP contribution in [0.4, 0.5) is 4.79 Å². The third-order valence-electron chi connectivity index (χ3n) is 3.62. The van der Waals surface area contributed by atoms with Gasteiger partial charge in [0.05, 0.1) is 0 Å². The number of aliphatic carboxylic acids is 1. The van der Waals surface area contributed by atoms with Crippen molar-refractivity contribution in [3.63, 3.8) is 0 Å². The first-order chi connectivity index (χ1) is 9.69. The first-order valence-corrected chi connectivity index (χ1v) is 7.22. The van der Waals surface area contributed by atoms with Gasteiger partial charge < -0.3 is 20.1 Å². The smallest absolute Gasteiger partial charge is 0.408 e. The molecule has 2 rings (SSSR count). The summed E-state index contributed by atoms with van der Waals surface area (Å²) in [4.78, 5) is 36.6. The number of carbonyl (C=O) groups excluding carboxylic acids is 2. The van der Waals surface area contributed by atoms with Gasteiger partial charge in [-0.3, -0.25) is 4.79 Å². The molecule has 1 saturated heterocycles. The molecule has 1 aliphatic carbocycles. The van der Waals surface area contributed by atoms with Gasteiger partial charge >= 0.3 is 12.1 Å². The average molecular weight is 298 g/mol. The number of likely N-dealkylation sites (tertiary alicyclic amines) is 1. The molecule has 21 heavy (non-hydrogen) atoms. The monoisotopic (exact) mass is 298 g/mol. The Morgan fingerprint density at radius 1 is 1.24 bits per heavy atom. The fraction of sp³-hybridized carbons (Fsp3) is 0.786. The van der Waals surface area contributed by atoms with Crippen LogP contribution in [0.25, 0.3) is 0 Å². The van der Waals surface area contributed by atoms with Gasteiger partial charge in [-0.1, -0.05) is 0 Å². The van der Waals surface area contributed by atoms with Gasteiger partial charge in [0.25, 0.3) is 0 Å². The van der Waals surface area contributed by atoms with E-state index in [2.05, 4.69) is 5.32 Å². The van der Waals surface area contributed by atoms with Gasteiger partial charge in [-0.05, 0) is 46.0 Å². The zero-order chi connectivity index (χ0) is 15.8. The van der Waals surface area contributed by atoms with Crippen LogP contribution in [-0.2, 0) is 14.3 Å². The third-order valence-corrected chi connectivity index (χ3v) is 3.62. The molecule has 1 saturated carbocycles. The van der Waals surface area contributed by atoms with Crippen LogP contribution in [-0.4, -0.2) is 52.2 Å². The predicted octanol–water partition coefficient (Wildman–Crippen LogP) is 0.975. The minimum atomic E-state index is -0.999. The van der Waals surface area contributed by atoms with Crippen LogP contribution in [0.3, 0.4) is 0 Å². The lowest BCUT2D eigenvalue weighted by Crippen LogP contribution is -2.61. The summed E-state index contributed by atoms with van der Waals surface area (Å²) < 4.78 is 5.16. The predicted molar refractivity (Wildman–Crippen MR) is 73.6 cm³/mol. The van der Waals surface area contributed by atoms with E-state index in [4.69, 9.17) is 9.84 Å². The fourth-order valence-corrected chi connectivity index (χ4v) is 2.33. The lowest BCUT2D eigenvalue weighted by molar-refractivity contribution is -0.158. The van der Waals surface area contributed by atoms with Gasteiger partial charge in [0.1, 0.15) is 17.7 Å². The number of hydrogen-bond donors (Lipinski definition) is 2. The van der Waals surface area contributed by atoms with E-state index in [1.165, 1.54) is 4.90 Å². The molecule has 2 unspecified atom stereocenters. The van der Waals surface area contributed by atoms with Crippen LogP contribution < -0.4 is 5.32 Å². The number of amides is 2. The van der Waals surface area contributed by atoms with Crippen LogP contribution in [0.15, 0.2) is 0 Å². The molecular formula is C14H22N2O5. The summed E-state index contributed by atoms with van der Waals surface area (Å²) in [5.74, 6) is -1.23. The zero-order valence-electron chi connectivity index (χ0n) is 12.6. The molecule has 0 aromatic heterocycles. The van der Waals surface area contributed by atoms with Gasteiger partial charge in [0.2, 0.25) is 5.91 Å². The third kappa shape index (κ3) is 3.86. The molecule has 0 aromatic carbocycles. The molecule has 2 atom stereocenters. The first-order valence-electron chi connectivity index (χ1n) is 7.22. The summed E-state index contributed by atoms with van der Waals surface area (Å²) in [6.07, 6.45) is 1.54. The molecule has 0 aromatic rings. The van der Waals surface area contributed by atoms with Crippen LogP contribution in [0.1, 0.15) is 40.0 Å². The molecule has 2 amide bonds. The van der Waals surface area contributed by atoms with E-state index in [1.807, 2.05) is 0 Å². The van der Waals surface area contributed by atoms with Crippen LogP contribution in [0, 0.1) is 5.92 Å². The van der Waals surface area contributed by atoms with Crippen molar-refractivity contribution in [2.24, 2.45) is 5.92 Å². The Morgan fingerprint density at radius 3 is 2.24 bits per heavy atom. The van der Waals surface area contributed by atoms with E-state index in [0.29, 0.717) is 13.0 Å². The molecule has 118 valence electrons. The summed E-state index contributed by atoms with van der Waals surface area (Å²) in [5, 5.41) is 11.6. The molecule has 7 heteroatoms. The van der Waals surface area contributed by atoms with Crippen molar-refractivity contribution in [2.75, 3.05) is 6.54 Å². The topological polar surface area (TPSA) is 95.9 Å². The lowest BCUT2D eigenvalue weighted by Gasteiger charge is -2.40. The largest absolute Gasteiger partial charge is 0.480 e. The van der Waals surface area contributed by atoms with Crippen molar-refractivity contribution >= 4 is 18.0 Å². The van der Waals surface area contributed by atoms with Gasteiger partial charge in [-0.25, -0.2) is 9.59 Å². The Kier molecular flexibility index (Phi) is 4.11. The Hall–Kier alpha value is -1.79. The van der Waals surface area contributed by atoms with E-state index in [9.17, 15) is 14.4 Å². The van der Waals surface area contributed by atoms with Crippen molar-refractivity contribution in [1.29, 1.82) is 0 Å². The minimum Gasteiger partial charge on any atom is -0.480 e. The average Bonchev–Trinajstić information content (AvgIpc) is 3.04. The van der Waals surface area contributed by atoms with E-state index < -0.39 is 29.7 Å². The van der Waals surface area contributed by atoms with Crippen molar-refractivity contribution in [3.05, 3.63) is 0 Å². The number of nitrogens with one attached hydrogen (secondary N) is 1. The van der Waals surface area contributed by atoms with Gasteiger partial charge in [-0.2, -0.15) is 0 Å². The Bertz CT molecular complexity index is 453. The Morgan fingerprint density at radius 2 is 1.86 bits per heavy atom. The van der Waals surface area contributed by atoms with E-state index >= 15 is 0 Å². The molecular weight excluding hydrogens is 276 g/mol. The van der Waals surface area contributed by atoms with Gasteiger partial charge in [-0.15, -0.1) is 0 Å². The minimum absolute atomic E-state index is 0.0834. The SMILES string of the molecule is CC(C)(C)OC(=O)NC(C(=O)N1CCC1C(=O)O)C1CC1. The summed E-state index contributed by atoms with van der Waals surface area (Å²) in [6.45, 7) is 5.66. The highest BCUT2D eigenvalue weighted by Gasteiger charge is 2.45. The van der Waals surface area contributed by atoms with E-state index in [-0.39, 0.29) is 11.8 Å². The maximum absolute atomic E-state index is 12.4. The molecule has 2 fully saturated rings. The molecule has 2 aliphatic rings. The molecule has 1 heterocycles. The number of carbonyl (C=O) groups is 3. The number of ether oxygens (including phenoxy) is 1. The zero-order valence-corrected chi connectivity index (χ0v) is 12.6. The molecule has 0 bridgehead atoms. The van der Waals surface area contributed by atoms with E-state index in [0.717, 1.165) is 12.8 Å². The van der Waals surface area contributed by atoms with Crippen LogP contribution in [0.2, 0.25) is 0 Å². The first kappa shape index (κ1) is 15.6. The molecule has 0 radical (unpaired) electrons. The second-order valence-corrected chi connectivity index (χ2v) is 6.64. The van der Waals surface area contributed by atoms with Crippen LogP contribution in [0.5, 0.6) is 0 Å². The quantitative estimate of drug-likeness (QED) is 0.806. The normalized spacial score (nSPS) is 23.0. The number of nitrogens with zero attached hydrogens (tertiary/aromatic N) is 1. The van der Waals surface area contributed by atoms with Crippen molar-refractivity contribution in [1.82, 2.24) is 10.2 Å². The second-order valence-electron chi connectivity index (χ2n) is 6.64. The highest BCUT2D eigenvalue weighted by molar-refractivity contribution is 5.91. The van der Waals surface area contributed by atoms with Gasteiger partial charge in [0, 0.05) is 6.54 Å². The summed E-state index contributed by atoms with van der Waals surface area (Å²) in [5.41, 5.74) is -0.637. The molecule has 0 spiro atoms. The van der Waals surface area contributed by atoms with Crippen molar-refractivity contribution in [3.8, 4) is 0 Å². The van der Waals surface area contributed by atoms with Crippen molar-refractivity contribution in [2.45, 2.75) is 57.7 Å². The maximum atomic E-state index is 12.4. The number of rotatable bonds is 4. The molecule has 2 N–H and O–H groups in total. The summed E-state index contributed by atoms with van der Waals surface area (Å²) >= 11 is 0. The number of carboxylic acids is 1. The second kappa shape index (κ2) is 5.54. The number of carboxylic acid groups (broad SMARTS) is 1.